The Balaban J connectivity index is 2.37. The summed E-state index contributed by atoms with van der Waals surface area (Å²) in [5.41, 5.74) is 1.75. The van der Waals surface area contributed by atoms with Crippen molar-refractivity contribution in [2.24, 2.45) is 16.7 Å². The van der Waals surface area contributed by atoms with Crippen LogP contribution in [0.5, 0.6) is 0 Å². The van der Waals surface area contributed by atoms with Gasteiger partial charge in [-0.2, -0.15) is 0 Å². The lowest BCUT2D eigenvalue weighted by Crippen LogP contribution is -2.26. The second-order valence-electron chi connectivity index (χ2n) is 7.00. The van der Waals surface area contributed by atoms with Crippen molar-refractivity contribution >= 4 is 23.2 Å². The molecule has 3 heteroatoms. The van der Waals surface area contributed by atoms with E-state index in [0.717, 1.165) is 18.5 Å². The van der Waals surface area contributed by atoms with Crippen molar-refractivity contribution in [2.45, 2.75) is 47.1 Å². The third kappa shape index (κ3) is 2.49. The van der Waals surface area contributed by atoms with E-state index in [-0.39, 0.29) is 6.04 Å². The van der Waals surface area contributed by atoms with Gasteiger partial charge < -0.3 is 5.32 Å². The minimum atomic E-state index is 0.270. The van der Waals surface area contributed by atoms with E-state index >= 15 is 0 Å². The molecule has 1 aliphatic rings. The summed E-state index contributed by atoms with van der Waals surface area (Å²) in [5, 5.41) is 5.02. The van der Waals surface area contributed by atoms with E-state index in [1.807, 2.05) is 12.1 Å². The van der Waals surface area contributed by atoms with Crippen LogP contribution in [0.4, 0.5) is 0 Å². The van der Waals surface area contributed by atoms with Gasteiger partial charge in [-0.3, -0.25) is 0 Å². The quantitative estimate of drug-likeness (QED) is 0.733. The van der Waals surface area contributed by atoms with Crippen LogP contribution in [-0.2, 0) is 0 Å². The van der Waals surface area contributed by atoms with Crippen molar-refractivity contribution in [1.29, 1.82) is 0 Å². The SMILES string of the molecule is CCCNC(c1cccc(Cl)c1Cl)C1C(C)(C)C1(C)C. The Morgan fingerprint density at radius 3 is 2.25 bits per heavy atom. The second kappa shape index (κ2) is 5.51. The number of halogens is 2. The highest BCUT2D eigenvalue weighted by Crippen LogP contribution is 2.72. The minimum Gasteiger partial charge on any atom is -0.310 e. The van der Waals surface area contributed by atoms with Gasteiger partial charge in [-0.05, 0) is 41.3 Å². The van der Waals surface area contributed by atoms with Crippen LogP contribution >= 0.6 is 23.2 Å². The molecular weight excluding hydrogens is 289 g/mol. The fourth-order valence-corrected chi connectivity index (χ4v) is 3.97. The highest BCUT2D eigenvalue weighted by molar-refractivity contribution is 6.42. The fraction of sp³-hybridized carbons (Fsp3) is 0.647. The molecule has 112 valence electrons. The second-order valence-corrected chi connectivity index (χ2v) is 7.78. The summed E-state index contributed by atoms with van der Waals surface area (Å²) in [7, 11) is 0. The maximum Gasteiger partial charge on any atom is 0.0640 e. The molecule has 0 aliphatic heterocycles. The Hall–Kier alpha value is -0.240. The molecule has 0 heterocycles. The first-order chi connectivity index (χ1) is 9.25. The van der Waals surface area contributed by atoms with Crippen LogP contribution in [0, 0.1) is 16.7 Å². The Bertz CT molecular complexity index is 480. The van der Waals surface area contributed by atoms with E-state index in [1.54, 1.807) is 0 Å². The van der Waals surface area contributed by atoms with Gasteiger partial charge >= 0.3 is 0 Å². The van der Waals surface area contributed by atoms with Crippen molar-refractivity contribution in [3.63, 3.8) is 0 Å². The third-order valence-electron chi connectivity index (χ3n) is 5.40. The Morgan fingerprint density at radius 1 is 1.15 bits per heavy atom. The van der Waals surface area contributed by atoms with E-state index < -0.39 is 0 Å². The Kier molecular flexibility index (Phi) is 4.45. The molecule has 2 rings (SSSR count). The molecule has 1 saturated carbocycles. The lowest BCUT2D eigenvalue weighted by atomic mass is 9.96. The van der Waals surface area contributed by atoms with Crippen molar-refractivity contribution in [3.8, 4) is 0 Å². The molecule has 0 aromatic heterocycles. The number of hydrogen-bond donors (Lipinski definition) is 1. The molecule has 1 fully saturated rings. The Morgan fingerprint density at radius 2 is 1.75 bits per heavy atom. The molecular formula is C17H25Cl2N. The van der Waals surface area contributed by atoms with Crippen molar-refractivity contribution in [2.75, 3.05) is 6.54 Å². The van der Waals surface area contributed by atoms with Gasteiger partial charge in [0, 0.05) is 6.04 Å². The van der Waals surface area contributed by atoms with Gasteiger partial charge in [0.25, 0.3) is 0 Å². The summed E-state index contributed by atoms with van der Waals surface area (Å²) >= 11 is 12.7. The van der Waals surface area contributed by atoms with Crippen LogP contribution in [0.25, 0.3) is 0 Å². The number of benzene rings is 1. The van der Waals surface area contributed by atoms with Gasteiger partial charge in [-0.15, -0.1) is 0 Å². The predicted octanol–water partition coefficient (Wildman–Crippen LogP) is 5.72. The summed E-state index contributed by atoms with van der Waals surface area (Å²) in [4.78, 5) is 0. The summed E-state index contributed by atoms with van der Waals surface area (Å²) < 4.78 is 0. The Labute approximate surface area is 133 Å². The first kappa shape index (κ1) is 16.1. The van der Waals surface area contributed by atoms with E-state index in [9.17, 15) is 0 Å². The predicted molar refractivity (Wildman–Crippen MR) is 88.5 cm³/mol. The van der Waals surface area contributed by atoms with Crippen LogP contribution in [0.3, 0.4) is 0 Å². The molecule has 0 spiro atoms. The third-order valence-corrected chi connectivity index (χ3v) is 6.23. The van der Waals surface area contributed by atoms with E-state index in [1.165, 1.54) is 0 Å². The first-order valence-electron chi connectivity index (χ1n) is 7.42. The van der Waals surface area contributed by atoms with E-state index in [4.69, 9.17) is 23.2 Å². The van der Waals surface area contributed by atoms with Gasteiger partial charge in [-0.25, -0.2) is 0 Å². The topological polar surface area (TPSA) is 12.0 Å². The number of nitrogens with one attached hydrogen (secondary N) is 1. The monoisotopic (exact) mass is 313 g/mol. The highest BCUT2D eigenvalue weighted by Gasteiger charge is 2.67. The molecule has 1 aromatic rings. The van der Waals surface area contributed by atoms with Crippen LogP contribution in [0.2, 0.25) is 10.0 Å². The van der Waals surface area contributed by atoms with Crippen LogP contribution < -0.4 is 5.32 Å². The fourth-order valence-electron chi connectivity index (χ4n) is 3.55. The molecule has 0 amide bonds. The molecule has 20 heavy (non-hydrogen) atoms. The van der Waals surface area contributed by atoms with E-state index in [0.29, 0.717) is 26.8 Å². The molecule has 1 unspecified atom stereocenters. The smallest absolute Gasteiger partial charge is 0.0640 e. The molecule has 0 radical (unpaired) electrons. The highest BCUT2D eigenvalue weighted by atomic mass is 35.5. The minimum absolute atomic E-state index is 0.270. The van der Waals surface area contributed by atoms with Crippen molar-refractivity contribution < 1.29 is 0 Å². The van der Waals surface area contributed by atoms with Gasteiger partial charge in [0.2, 0.25) is 0 Å². The molecule has 1 aliphatic carbocycles. The van der Waals surface area contributed by atoms with Gasteiger partial charge in [-0.1, -0.05) is 70.0 Å². The van der Waals surface area contributed by atoms with Crippen LogP contribution in [-0.4, -0.2) is 6.54 Å². The van der Waals surface area contributed by atoms with Gasteiger partial charge in [0.05, 0.1) is 10.0 Å². The number of rotatable bonds is 5. The summed E-state index contributed by atoms with van der Waals surface area (Å²) in [6.07, 6.45) is 1.11. The summed E-state index contributed by atoms with van der Waals surface area (Å²) in [6.45, 7) is 12.6. The molecule has 1 aromatic carbocycles. The zero-order valence-electron chi connectivity index (χ0n) is 13.1. The van der Waals surface area contributed by atoms with Gasteiger partial charge in [0.1, 0.15) is 0 Å². The van der Waals surface area contributed by atoms with Crippen LogP contribution in [0.15, 0.2) is 18.2 Å². The average Bonchev–Trinajstić information content (AvgIpc) is 2.77. The normalized spacial score (nSPS) is 21.8. The largest absolute Gasteiger partial charge is 0.310 e. The number of hydrogen-bond acceptors (Lipinski definition) is 1. The molecule has 1 nitrogen and oxygen atoms in total. The summed E-state index contributed by atoms with van der Waals surface area (Å²) in [5.74, 6) is 0.567. The first-order valence-corrected chi connectivity index (χ1v) is 8.18. The molecule has 1 N–H and O–H groups in total. The van der Waals surface area contributed by atoms with Crippen molar-refractivity contribution in [3.05, 3.63) is 33.8 Å². The van der Waals surface area contributed by atoms with E-state index in [2.05, 4.69) is 46.0 Å². The average molecular weight is 314 g/mol. The zero-order valence-corrected chi connectivity index (χ0v) is 14.6. The molecule has 0 saturated heterocycles. The molecule has 0 bridgehead atoms. The molecule has 1 atom stereocenters. The lowest BCUT2D eigenvalue weighted by molar-refractivity contribution is 0.410. The standard InChI is InChI=1S/C17H25Cl2N/c1-6-10-20-14(15-16(2,3)17(15,4)5)11-8-7-9-12(18)13(11)19/h7-9,14-15,20H,6,10H2,1-5H3. The lowest BCUT2D eigenvalue weighted by Gasteiger charge is -2.23. The van der Waals surface area contributed by atoms with Gasteiger partial charge in [0.15, 0.2) is 0 Å². The maximum absolute atomic E-state index is 6.45. The summed E-state index contributed by atoms with van der Waals surface area (Å²) in [6, 6.07) is 6.22. The van der Waals surface area contributed by atoms with Crippen LogP contribution in [0.1, 0.15) is 52.6 Å². The maximum atomic E-state index is 6.45. The zero-order chi connectivity index (χ0) is 15.1. The van der Waals surface area contributed by atoms with Crippen molar-refractivity contribution in [1.82, 2.24) is 5.32 Å².